The van der Waals surface area contributed by atoms with E-state index in [1.165, 1.54) is 6.08 Å². The lowest BCUT2D eigenvalue weighted by atomic mass is 10.1. The maximum absolute atomic E-state index is 12.7. The minimum Gasteiger partial charge on any atom is -0.489 e. The van der Waals surface area contributed by atoms with Crippen LogP contribution in [0.3, 0.4) is 0 Å². The number of nitrogens with one attached hydrogen (secondary N) is 1. The summed E-state index contributed by atoms with van der Waals surface area (Å²) in [4.78, 5) is 12.7. The molecule has 39 heavy (non-hydrogen) atoms. The number of hydrogen-bond donors (Lipinski definition) is 1. The molecule has 5 nitrogen and oxygen atoms in total. The lowest BCUT2D eigenvalue weighted by Gasteiger charge is -2.10. The smallest absolute Gasteiger partial charge is 0.266 e. The van der Waals surface area contributed by atoms with E-state index in [9.17, 15) is 10.1 Å². The zero-order valence-electron chi connectivity index (χ0n) is 20.3. The number of benzene rings is 4. The summed E-state index contributed by atoms with van der Waals surface area (Å²) in [7, 11) is 0. The molecule has 0 aliphatic heterocycles. The van der Waals surface area contributed by atoms with Crippen molar-refractivity contribution in [3.8, 4) is 17.6 Å². The molecule has 196 valence electrons. The summed E-state index contributed by atoms with van der Waals surface area (Å²) in [6.45, 7) is 0.722. The molecule has 0 atom stereocenters. The summed E-state index contributed by atoms with van der Waals surface area (Å²) < 4.78 is 13.3. The highest BCUT2D eigenvalue weighted by atomic mass is 79.9. The van der Waals surface area contributed by atoms with Crippen LogP contribution < -0.4 is 14.8 Å². The standard InChI is InChI=1S/C30H20Br2Cl2N2O3/c31-23-5-1-19(2-6-23)17-38-25-9-7-24(8-10-25)36-30(37)22(16-35)13-20-4-12-29(26(32)14-20)39-18-21-3-11-27(33)28(34)15-21/h1-15H,17-18H2,(H,36,37)/b22-13+. The number of carbonyl (C=O) groups is 1. The fourth-order valence-electron chi connectivity index (χ4n) is 3.41. The van der Waals surface area contributed by atoms with Crippen LogP contribution in [-0.2, 0) is 18.0 Å². The molecular weight excluding hydrogens is 667 g/mol. The molecule has 0 fully saturated rings. The number of rotatable bonds is 9. The van der Waals surface area contributed by atoms with Gasteiger partial charge in [0, 0.05) is 10.2 Å². The van der Waals surface area contributed by atoms with Gasteiger partial charge in [0.2, 0.25) is 0 Å². The highest BCUT2D eigenvalue weighted by Gasteiger charge is 2.11. The van der Waals surface area contributed by atoms with Crippen molar-refractivity contribution in [2.45, 2.75) is 13.2 Å². The first kappa shape index (κ1) is 28.7. The van der Waals surface area contributed by atoms with Crippen molar-refractivity contribution in [1.82, 2.24) is 0 Å². The number of ether oxygens (including phenoxy) is 2. The Morgan fingerprint density at radius 2 is 1.54 bits per heavy atom. The maximum Gasteiger partial charge on any atom is 0.266 e. The Bertz CT molecular complexity index is 1550. The Kier molecular flexibility index (Phi) is 10.1. The highest BCUT2D eigenvalue weighted by Crippen LogP contribution is 2.29. The third-order valence-corrected chi connectivity index (χ3v) is 7.33. The number of hydrogen-bond acceptors (Lipinski definition) is 4. The van der Waals surface area contributed by atoms with Crippen LogP contribution in [0.1, 0.15) is 16.7 Å². The van der Waals surface area contributed by atoms with E-state index in [0.717, 1.165) is 15.6 Å². The van der Waals surface area contributed by atoms with Gasteiger partial charge >= 0.3 is 0 Å². The zero-order chi connectivity index (χ0) is 27.8. The van der Waals surface area contributed by atoms with E-state index in [4.69, 9.17) is 32.7 Å². The quantitative estimate of drug-likeness (QED) is 0.141. The SMILES string of the molecule is N#C/C(=C\c1ccc(OCc2ccc(Cl)c(Cl)c2)c(Br)c1)C(=O)Nc1ccc(OCc2ccc(Br)cc2)cc1. The number of nitriles is 1. The van der Waals surface area contributed by atoms with E-state index in [-0.39, 0.29) is 5.57 Å². The Hall–Kier alpha value is -3.28. The maximum atomic E-state index is 12.7. The minimum absolute atomic E-state index is 0.0399. The second-order valence-electron chi connectivity index (χ2n) is 8.29. The normalized spacial score (nSPS) is 11.0. The first-order valence-electron chi connectivity index (χ1n) is 11.6. The molecule has 0 saturated carbocycles. The largest absolute Gasteiger partial charge is 0.489 e. The molecular formula is C30H20Br2Cl2N2O3. The van der Waals surface area contributed by atoms with Gasteiger partial charge in [-0.05, 0) is 99.4 Å². The van der Waals surface area contributed by atoms with E-state index < -0.39 is 5.91 Å². The third kappa shape index (κ3) is 8.35. The number of nitrogens with zero attached hydrogens (tertiary/aromatic N) is 1. The van der Waals surface area contributed by atoms with Crippen LogP contribution in [0, 0.1) is 11.3 Å². The molecule has 0 aromatic heterocycles. The van der Waals surface area contributed by atoms with Gasteiger partial charge in [0.1, 0.15) is 36.4 Å². The van der Waals surface area contributed by atoms with Crippen LogP contribution in [-0.4, -0.2) is 5.91 Å². The monoisotopic (exact) mass is 684 g/mol. The lowest BCUT2D eigenvalue weighted by molar-refractivity contribution is -0.112. The third-order valence-electron chi connectivity index (χ3n) is 5.44. The van der Waals surface area contributed by atoms with Gasteiger partial charge in [-0.1, -0.05) is 63.4 Å². The fourth-order valence-corrected chi connectivity index (χ4v) is 4.51. The molecule has 0 heterocycles. The van der Waals surface area contributed by atoms with Crippen molar-refractivity contribution < 1.29 is 14.3 Å². The van der Waals surface area contributed by atoms with E-state index >= 15 is 0 Å². The van der Waals surface area contributed by atoms with Gasteiger partial charge in [0.25, 0.3) is 5.91 Å². The molecule has 0 unspecified atom stereocenters. The average Bonchev–Trinajstić information content (AvgIpc) is 2.93. The summed E-state index contributed by atoms with van der Waals surface area (Å²) in [5.41, 5.74) is 3.07. The summed E-state index contributed by atoms with van der Waals surface area (Å²) in [6, 6.07) is 27.4. The lowest BCUT2D eigenvalue weighted by Crippen LogP contribution is -2.13. The van der Waals surface area contributed by atoms with Crippen LogP contribution in [0.4, 0.5) is 5.69 Å². The van der Waals surface area contributed by atoms with E-state index in [2.05, 4.69) is 37.2 Å². The Labute approximate surface area is 253 Å². The van der Waals surface area contributed by atoms with Crippen LogP contribution in [0.15, 0.2) is 99.4 Å². The van der Waals surface area contributed by atoms with Gasteiger partial charge in [-0.3, -0.25) is 4.79 Å². The van der Waals surface area contributed by atoms with Gasteiger partial charge in [0.05, 0.1) is 14.5 Å². The van der Waals surface area contributed by atoms with E-state index in [1.54, 1.807) is 54.6 Å². The van der Waals surface area contributed by atoms with Crippen LogP contribution in [0.5, 0.6) is 11.5 Å². The Balaban J connectivity index is 1.35. The summed E-state index contributed by atoms with van der Waals surface area (Å²) in [5.74, 6) is 0.749. The molecule has 4 rings (SSSR count). The highest BCUT2D eigenvalue weighted by molar-refractivity contribution is 9.10. The first-order chi connectivity index (χ1) is 18.8. The zero-order valence-corrected chi connectivity index (χ0v) is 24.9. The van der Waals surface area contributed by atoms with Gasteiger partial charge in [-0.25, -0.2) is 0 Å². The number of anilines is 1. The molecule has 1 amide bonds. The van der Waals surface area contributed by atoms with Gasteiger partial charge in [-0.15, -0.1) is 0 Å². The van der Waals surface area contributed by atoms with Crippen molar-refractivity contribution >= 4 is 72.7 Å². The molecule has 0 saturated heterocycles. The topological polar surface area (TPSA) is 71.3 Å². The van der Waals surface area contributed by atoms with Crippen LogP contribution in [0.2, 0.25) is 10.0 Å². The second kappa shape index (κ2) is 13.7. The van der Waals surface area contributed by atoms with Crippen molar-refractivity contribution in [2.24, 2.45) is 0 Å². The Morgan fingerprint density at radius 3 is 2.21 bits per heavy atom. The predicted molar refractivity (Wildman–Crippen MR) is 162 cm³/mol. The van der Waals surface area contributed by atoms with Gasteiger partial charge in [-0.2, -0.15) is 5.26 Å². The fraction of sp³-hybridized carbons (Fsp3) is 0.0667. The van der Waals surface area contributed by atoms with Crippen LogP contribution in [0.25, 0.3) is 6.08 Å². The predicted octanol–water partition coefficient (Wildman–Crippen LogP) is 9.22. The molecule has 1 N–H and O–H groups in total. The number of halogens is 4. The summed E-state index contributed by atoms with van der Waals surface area (Å²) in [5, 5.41) is 13.3. The van der Waals surface area contributed by atoms with Crippen molar-refractivity contribution in [1.29, 1.82) is 5.26 Å². The second-order valence-corrected chi connectivity index (χ2v) is 10.9. The molecule has 0 radical (unpaired) electrons. The van der Waals surface area contributed by atoms with Crippen LogP contribution >= 0.6 is 55.1 Å². The molecule has 4 aromatic carbocycles. The van der Waals surface area contributed by atoms with Crippen molar-refractivity contribution in [2.75, 3.05) is 5.32 Å². The van der Waals surface area contributed by atoms with E-state index in [1.807, 2.05) is 36.4 Å². The number of amides is 1. The van der Waals surface area contributed by atoms with Gasteiger partial charge < -0.3 is 14.8 Å². The first-order valence-corrected chi connectivity index (χ1v) is 13.9. The van der Waals surface area contributed by atoms with E-state index in [0.29, 0.717) is 50.5 Å². The molecule has 9 heteroatoms. The van der Waals surface area contributed by atoms with Crippen molar-refractivity contribution in [3.05, 3.63) is 126 Å². The molecule has 0 spiro atoms. The Morgan fingerprint density at radius 1 is 0.846 bits per heavy atom. The molecule has 0 bridgehead atoms. The molecule has 4 aromatic rings. The van der Waals surface area contributed by atoms with Crippen molar-refractivity contribution in [3.63, 3.8) is 0 Å². The summed E-state index contributed by atoms with van der Waals surface area (Å²) >= 11 is 18.9. The summed E-state index contributed by atoms with van der Waals surface area (Å²) in [6.07, 6.45) is 1.51. The minimum atomic E-state index is -0.517. The molecule has 0 aliphatic carbocycles. The molecule has 0 aliphatic rings. The number of carbonyl (C=O) groups excluding carboxylic acids is 1. The average molecular weight is 687 g/mol. The van der Waals surface area contributed by atoms with Gasteiger partial charge in [0.15, 0.2) is 0 Å².